The van der Waals surface area contributed by atoms with E-state index in [-0.39, 0.29) is 20.5 Å². The summed E-state index contributed by atoms with van der Waals surface area (Å²) in [5, 5.41) is 1.27. The van der Waals surface area contributed by atoms with Gasteiger partial charge in [0.15, 0.2) is 0 Å². The number of nitrogens with zero attached hydrogens (tertiary/aromatic N) is 1. The van der Waals surface area contributed by atoms with E-state index in [4.69, 9.17) is 4.74 Å². The summed E-state index contributed by atoms with van der Waals surface area (Å²) in [7, 11) is 1.42. The molecule has 0 bridgehead atoms. The van der Waals surface area contributed by atoms with Crippen LogP contribution < -0.4 is 4.57 Å². The summed E-state index contributed by atoms with van der Waals surface area (Å²) in [5.41, 5.74) is 1.29. The topological polar surface area (TPSA) is 30.2 Å². The number of fused-ring (bicyclic) bond motifs is 1. The molecule has 3 nitrogen and oxygen atoms in total. The molecule has 4 aromatic rings. The van der Waals surface area contributed by atoms with Gasteiger partial charge in [-0.2, -0.15) is 0 Å². The fraction of sp³-hybridized carbons (Fsp3) is 0.143. The van der Waals surface area contributed by atoms with Crippen LogP contribution in [0.15, 0.2) is 48.5 Å². The molecule has 0 saturated carbocycles. The van der Waals surface area contributed by atoms with Gasteiger partial charge in [0, 0.05) is 0 Å². The van der Waals surface area contributed by atoms with Crippen molar-refractivity contribution in [1.82, 2.24) is 0 Å². The SMILES string of the molecule is CC[n+]1c(/C=C/c2ccc(-c3ccc(C(=O)OC)s3)[se]2)sc2ccccc21. The number of rotatable bonds is 5. The van der Waals surface area contributed by atoms with E-state index in [1.54, 1.807) is 0 Å². The van der Waals surface area contributed by atoms with Crippen molar-refractivity contribution in [3.63, 3.8) is 0 Å². The number of hydrogen-bond donors (Lipinski definition) is 0. The van der Waals surface area contributed by atoms with Crippen molar-refractivity contribution >= 4 is 65.5 Å². The van der Waals surface area contributed by atoms with E-state index in [0.29, 0.717) is 4.88 Å². The normalized spacial score (nSPS) is 11.5. The van der Waals surface area contributed by atoms with Crippen LogP contribution in [0.2, 0.25) is 0 Å². The van der Waals surface area contributed by atoms with E-state index in [2.05, 4.69) is 60.0 Å². The number of methoxy groups -OCH3 is 1. The molecular weight excluding hydrogens is 441 g/mol. The Bertz CT molecular complexity index is 1140. The summed E-state index contributed by atoms with van der Waals surface area (Å²) < 4.78 is 11.1. The number of ether oxygens (including phenoxy) is 1. The Kier molecular flexibility index (Phi) is 5.41. The van der Waals surface area contributed by atoms with Gasteiger partial charge in [0.05, 0.1) is 0 Å². The second kappa shape index (κ2) is 7.95. The van der Waals surface area contributed by atoms with E-state index in [9.17, 15) is 4.79 Å². The standard InChI is InChI=1S/C21H18NO2S2Se/c1-3-22-15-6-4-5-7-16(15)26-20(22)13-9-14-8-12-19(27-14)17-10-11-18(25-17)21(23)24-2/h4-13H,3H2,1-2H3/q+1/b13-9+. The molecule has 0 N–H and O–H groups in total. The van der Waals surface area contributed by atoms with E-state index < -0.39 is 0 Å². The number of thiophene rings is 1. The predicted molar refractivity (Wildman–Crippen MR) is 115 cm³/mol. The van der Waals surface area contributed by atoms with Gasteiger partial charge in [-0.3, -0.25) is 0 Å². The van der Waals surface area contributed by atoms with Crippen molar-refractivity contribution in [2.24, 2.45) is 0 Å². The van der Waals surface area contributed by atoms with Crippen LogP contribution in [-0.2, 0) is 11.3 Å². The molecule has 4 rings (SSSR count). The van der Waals surface area contributed by atoms with Crippen LogP contribution in [0, 0.1) is 0 Å². The van der Waals surface area contributed by atoms with Crippen molar-refractivity contribution in [2.45, 2.75) is 13.5 Å². The Morgan fingerprint density at radius 2 is 1.96 bits per heavy atom. The molecule has 0 aliphatic carbocycles. The number of aryl methyl sites for hydroxylation is 1. The molecule has 0 spiro atoms. The summed E-state index contributed by atoms with van der Waals surface area (Å²) in [6.45, 7) is 3.15. The van der Waals surface area contributed by atoms with E-state index >= 15 is 0 Å². The van der Waals surface area contributed by atoms with Crippen LogP contribution in [0.25, 0.3) is 31.7 Å². The molecule has 27 heavy (non-hydrogen) atoms. The van der Waals surface area contributed by atoms with Gasteiger partial charge in [-0.1, -0.05) is 0 Å². The van der Waals surface area contributed by atoms with Crippen molar-refractivity contribution in [3.05, 3.63) is 62.9 Å². The van der Waals surface area contributed by atoms with Gasteiger partial charge in [0.2, 0.25) is 0 Å². The third kappa shape index (κ3) is 3.71. The van der Waals surface area contributed by atoms with Crippen LogP contribution in [0.3, 0.4) is 0 Å². The van der Waals surface area contributed by atoms with Crippen LogP contribution in [0.5, 0.6) is 0 Å². The van der Waals surface area contributed by atoms with Gasteiger partial charge in [0.25, 0.3) is 0 Å². The van der Waals surface area contributed by atoms with Gasteiger partial charge >= 0.3 is 172 Å². The second-order valence-electron chi connectivity index (χ2n) is 5.84. The third-order valence-corrected chi connectivity index (χ3v) is 9.00. The van der Waals surface area contributed by atoms with Crippen LogP contribution in [0.4, 0.5) is 0 Å². The molecule has 3 aromatic heterocycles. The number of carbonyl (C=O) groups is 1. The van der Waals surface area contributed by atoms with Gasteiger partial charge in [-0.15, -0.1) is 0 Å². The molecule has 0 atom stereocenters. The first-order valence-electron chi connectivity index (χ1n) is 8.57. The Hall–Kier alpha value is -1.98. The molecule has 6 heteroatoms. The molecule has 0 radical (unpaired) electrons. The summed E-state index contributed by atoms with van der Waals surface area (Å²) in [6, 6.07) is 16.8. The molecule has 1 aromatic carbocycles. The second-order valence-corrected chi connectivity index (χ2v) is 10.3. The fourth-order valence-corrected chi connectivity index (χ4v) is 7.11. The quantitative estimate of drug-likeness (QED) is 0.240. The first-order chi connectivity index (χ1) is 13.2. The fourth-order valence-electron chi connectivity index (χ4n) is 2.91. The Morgan fingerprint density at radius 3 is 2.78 bits per heavy atom. The number of esters is 1. The average molecular weight is 459 g/mol. The van der Waals surface area contributed by atoms with Crippen LogP contribution >= 0.6 is 22.7 Å². The summed E-state index contributed by atoms with van der Waals surface area (Å²) >= 11 is 3.58. The van der Waals surface area contributed by atoms with Crippen LogP contribution in [0.1, 0.15) is 26.0 Å². The van der Waals surface area contributed by atoms with Crippen molar-refractivity contribution in [3.8, 4) is 9.31 Å². The van der Waals surface area contributed by atoms with Gasteiger partial charge in [-0.05, 0) is 0 Å². The summed E-state index contributed by atoms with van der Waals surface area (Å²) in [4.78, 5) is 13.5. The number of carbonyl (C=O) groups excluding carboxylic acids is 1. The molecule has 0 unspecified atom stereocenters. The molecule has 0 saturated heterocycles. The Morgan fingerprint density at radius 1 is 1.11 bits per heavy atom. The number of para-hydroxylation sites is 1. The van der Waals surface area contributed by atoms with E-state index in [1.165, 1.54) is 42.5 Å². The first kappa shape index (κ1) is 18.4. The monoisotopic (exact) mass is 460 g/mol. The molecular formula is C21H18NO2S2Se+. The molecule has 0 fully saturated rings. The molecule has 3 heterocycles. The zero-order chi connectivity index (χ0) is 18.8. The molecule has 0 amide bonds. The van der Waals surface area contributed by atoms with E-state index in [1.807, 2.05) is 23.5 Å². The van der Waals surface area contributed by atoms with Crippen molar-refractivity contribution in [2.75, 3.05) is 7.11 Å². The molecule has 0 aliphatic rings. The first-order valence-corrected chi connectivity index (χ1v) is 11.9. The molecule has 136 valence electrons. The Balaban J connectivity index is 1.59. The van der Waals surface area contributed by atoms with Gasteiger partial charge in [-0.25, -0.2) is 0 Å². The maximum atomic E-state index is 11.6. The minimum atomic E-state index is -0.265. The Labute approximate surface area is 171 Å². The predicted octanol–water partition coefficient (Wildman–Crippen LogP) is 4.95. The number of hydrogen-bond acceptors (Lipinski definition) is 4. The average Bonchev–Trinajstić information content (AvgIpc) is 3.42. The minimum absolute atomic E-state index is 0.252. The number of benzene rings is 1. The van der Waals surface area contributed by atoms with Crippen molar-refractivity contribution in [1.29, 1.82) is 0 Å². The third-order valence-electron chi connectivity index (χ3n) is 4.21. The summed E-state index contributed by atoms with van der Waals surface area (Å²) in [5.74, 6) is -0.265. The number of thiazole rings is 1. The van der Waals surface area contributed by atoms with Crippen molar-refractivity contribution < 1.29 is 14.1 Å². The van der Waals surface area contributed by atoms with E-state index in [0.717, 1.165) is 11.4 Å². The number of aromatic nitrogens is 1. The molecule has 0 aliphatic heterocycles. The maximum absolute atomic E-state index is 11.6. The van der Waals surface area contributed by atoms with Gasteiger partial charge in [0.1, 0.15) is 0 Å². The van der Waals surface area contributed by atoms with Gasteiger partial charge < -0.3 is 0 Å². The zero-order valence-electron chi connectivity index (χ0n) is 15.0. The summed E-state index contributed by atoms with van der Waals surface area (Å²) in [6.07, 6.45) is 4.46. The van der Waals surface area contributed by atoms with Crippen LogP contribution in [-0.4, -0.2) is 27.6 Å². The zero-order valence-corrected chi connectivity index (χ0v) is 18.3.